The molecule has 0 spiro atoms. The van der Waals surface area contributed by atoms with Crippen LogP contribution in [0.25, 0.3) is 0 Å². The molecule has 0 radical (unpaired) electrons. The Hall–Kier alpha value is -1.49. The molecule has 0 saturated carbocycles. The molecular weight excluding hydrogens is 254 g/mol. The second-order valence-corrected chi connectivity index (χ2v) is 5.94. The van der Waals surface area contributed by atoms with Crippen LogP contribution in [0.4, 0.5) is 4.79 Å². The van der Waals surface area contributed by atoms with Crippen LogP contribution in [0.5, 0.6) is 0 Å². The Morgan fingerprint density at radius 1 is 1.45 bits per heavy atom. The smallest absolute Gasteiger partial charge is 0.407 e. The average Bonchev–Trinajstić information content (AvgIpc) is 2.83. The first-order valence-corrected chi connectivity index (χ1v) is 7.23. The van der Waals surface area contributed by atoms with Crippen LogP contribution in [0.3, 0.4) is 0 Å². The van der Waals surface area contributed by atoms with Gasteiger partial charge in [-0.05, 0) is 39.3 Å². The normalized spacial score (nSPS) is 13.0. The standard InChI is InChI=1S/C15H27N3O2/c1-5-7-12(17-10-13-8-6-9-16-13)11-18-14(19)20-15(2,3)4/h6,8-9,12,16-17H,5,7,10-11H2,1-4H3,(H,18,19). The van der Waals surface area contributed by atoms with Gasteiger partial charge in [0.25, 0.3) is 0 Å². The summed E-state index contributed by atoms with van der Waals surface area (Å²) in [7, 11) is 0. The summed E-state index contributed by atoms with van der Waals surface area (Å²) < 4.78 is 5.23. The predicted molar refractivity (Wildman–Crippen MR) is 80.6 cm³/mol. The zero-order valence-corrected chi connectivity index (χ0v) is 13.0. The Morgan fingerprint density at radius 2 is 2.20 bits per heavy atom. The van der Waals surface area contributed by atoms with E-state index in [9.17, 15) is 4.79 Å². The van der Waals surface area contributed by atoms with Crippen molar-refractivity contribution < 1.29 is 9.53 Å². The molecule has 114 valence electrons. The summed E-state index contributed by atoms with van der Waals surface area (Å²) in [4.78, 5) is 14.8. The van der Waals surface area contributed by atoms with Crippen LogP contribution >= 0.6 is 0 Å². The molecular formula is C15H27N3O2. The third kappa shape index (κ3) is 7.19. The molecule has 1 aromatic rings. The van der Waals surface area contributed by atoms with Crippen molar-refractivity contribution in [2.75, 3.05) is 6.54 Å². The fourth-order valence-electron chi connectivity index (χ4n) is 1.88. The van der Waals surface area contributed by atoms with Crippen molar-refractivity contribution in [2.24, 2.45) is 0 Å². The Kier molecular flexibility index (Phi) is 6.58. The maximum atomic E-state index is 11.6. The van der Waals surface area contributed by atoms with Crippen LogP contribution in [0.15, 0.2) is 18.3 Å². The van der Waals surface area contributed by atoms with E-state index in [1.165, 1.54) is 0 Å². The molecule has 1 unspecified atom stereocenters. The summed E-state index contributed by atoms with van der Waals surface area (Å²) >= 11 is 0. The van der Waals surface area contributed by atoms with E-state index in [2.05, 4.69) is 22.5 Å². The van der Waals surface area contributed by atoms with Gasteiger partial charge < -0.3 is 20.4 Å². The number of carbonyl (C=O) groups excluding carboxylic acids is 1. The summed E-state index contributed by atoms with van der Waals surface area (Å²) in [6, 6.07) is 4.26. The maximum absolute atomic E-state index is 11.6. The molecule has 3 N–H and O–H groups in total. The van der Waals surface area contributed by atoms with Gasteiger partial charge in [-0.3, -0.25) is 0 Å². The van der Waals surface area contributed by atoms with Crippen LogP contribution in [-0.4, -0.2) is 29.3 Å². The highest BCUT2D eigenvalue weighted by atomic mass is 16.6. The van der Waals surface area contributed by atoms with Crippen molar-refractivity contribution in [1.29, 1.82) is 0 Å². The number of hydrogen-bond donors (Lipinski definition) is 3. The highest BCUT2D eigenvalue weighted by Gasteiger charge is 2.17. The third-order valence-corrected chi connectivity index (χ3v) is 2.77. The number of H-pyrrole nitrogens is 1. The Balaban J connectivity index is 2.33. The van der Waals surface area contributed by atoms with Gasteiger partial charge in [-0.25, -0.2) is 4.79 Å². The van der Waals surface area contributed by atoms with Crippen molar-refractivity contribution in [3.63, 3.8) is 0 Å². The minimum absolute atomic E-state index is 0.246. The molecule has 0 aliphatic carbocycles. The zero-order valence-electron chi connectivity index (χ0n) is 13.0. The van der Waals surface area contributed by atoms with Gasteiger partial charge in [-0.1, -0.05) is 13.3 Å². The Morgan fingerprint density at radius 3 is 2.75 bits per heavy atom. The summed E-state index contributed by atoms with van der Waals surface area (Å²) in [5, 5.41) is 6.26. The maximum Gasteiger partial charge on any atom is 0.407 e. The van der Waals surface area contributed by atoms with Crippen LogP contribution < -0.4 is 10.6 Å². The van der Waals surface area contributed by atoms with Crippen LogP contribution in [0.1, 0.15) is 46.2 Å². The molecule has 1 aromatic heterocycles. The SMILES string of the molecule is CCCC(CNC(=O)OC(C)(C)C)NCc1ccc[nH]1. The third-order valence-electron chi connectivity index (χ3n) is 2.77. The lowest BCUT2D eigenvalue weighted by molar-refractivity contribution is 0.0521. The minimum Gasteiger partial charge on any atom is -0.444 e. The molecule has 1 heterocycles. The summed E-state index contributed by atoms with van der Waals surface area (Å²) in [6.45, 7) is 9.06. The molecule has 5 nitrogen and oxygen atoms in total. The lowest BCUT2D eigenvalue weighted by Crippen LogP contribution is -2.42. The van der Waals surface area contributed by atoms with Crippen molar-refractivity contribution >= 4 is 6.09 Å². The molecule has 5 heteroatoms. The first kappa shape index (κ1) is 16.6. The number of hydrogen-bond acceptors (Lipinski definition) is 3. The van der Waals surface area contributed by atoms with Crippen LogP contribution in [0.2, 0.25) is 0 Å². The fourth-order valence-corrected chi connectivity index (χ4v) is 1.88. The predicted octanol–water partition coefficient (Wildman–Crippen LogP) is 2.80. The van der Waals surface area contributed by atoms with E-state index in [1.54, 1.807) is 0 Å². The molecule has 0 bridgehead atoms. The van der Waals surface area contributed by atoms with E-state index in [0.29, 0.717) is 6.54 Å². The number of ether oxygens (including phenoxy) is 1. The number of aromatic amines is 1. The zero-order chi connectivity index (χ0) is 15.0. The topological polar surface area (TPSA) is 66.2 Å². The largest absolute Gasteiger partial charge is 0.444 e. The quantitative estimate of drug-likeness (QED) is 0.720. The van der Waals surface area contributed by atoms with Crippen LogP contribution in [0, 0.1) is 0 Å². The number of aromatic nitrogens is 1. The van der Waals surface area contributed by atoms with E-state index < -0.39 is 5.60 Å². The number of rotatable bonds is 7. The monoisotopic (exact) mass is 281 g/mol. The van der Waals surface area contributed by atoms with Gasteiger partial charge in [0.15, 0.2) is 0 Å². The first-order chi connectivity index (χ1) is 9.40. The van der Waals surface area contributed by atoms with E-state index in [0.717, 1.165) is 25.1 Å². The highest BCUT2D eigenvalue weighted by molar-refractivity contribution is 5.67. The molecule has 0 saturated heterocycles. The molecule has 20 heavy (non-hydrogen) atoms. The van der Waals surface area contributed by atoms with Gasteiger partial charge in [0.1, 0.15) is 5.60 Å². The molecule has 1 amide bonds. The van der Waals surface area contributed by atoms with Crippen molar-refractivity contribution in [3.8, 4) is 0 Å². The number of amides is 1. The molecule has 1 atom stereocenters. The molecule has 0 fully saturated rings. The summed E-state index contributed by atoms with van der Waals surface area (Å²) in [5.41, 5.74) is 0.686. The molecule has 0 aromatic carbocycles. The number of carbonyl (C=O) groups is 1. The second-order valence-electron chi connectivity index (χ2n) is 5.94. The molecule has 0 aliphatic heterocycles. The van der Waals surface area contributed by atoms with E-state index in [-0.39, 0.29) is 12.1 Å². The van der Waals surface area contributed by atoms with Gasteiger partial charge in [0, 0.05) is 31.0 Å². The van der Waals surface area contributed by atoms with Gasteiger partial charge in [-0.15, -0.1) is 0 Å². The summed E-state index contributed by atoms with van der Waals surface area (Å²) in [6.07, 6.45) is 3.62. The van der Waals surface area contributed by atoms with Crippen molar-refractivity contribution in [2.45, 2.75) is 58.7 Å². The first-order valence-electron chi connectivity index (χ1n) is 7.23. The van der Waals surface area contributed by atoms with Crippen molar-refractivity contribution in [3.05, 3.63) is 24.0 Å². The second kappa shape index (κ2) is 7.94. The highest BCUT2D eigenvalue weighted by Crippen LogP contribution is 2.06. The van der Waals surface area contributed by atoms with Gasteiger partial charge >= 0.3 is 6.09 Å². The minimum atomic E-state index is -0.456. The fraction of sp³-hybridized carbons (Fsp3) is 0.667. The van der Waals surface area contributed by atoms with Gasteiger partial charge in [-0.2, -0.15) is 0 Å². The van der Waals surface area contributed by atoms with E-state index >= 15 is 0 Å². The number of nitrogens with one attached hydrogen (secondary N) is 3. The lowest BCUT2D eigenvalue weighted by Gasteiger charge is -2.22. The molecule has 0 aliphatic rings. The average molecular weight is 281 g/mol. The van der Waals surface area contributed by atoms with Gasteiger partial charge in [0.05, 0.1) is 0 Å². The van der Waals surface area contributed by atoms with Crippen LogP contribution in [-0.2, 0) is 11.3 Å². The summed E-state index contributed by atoms with van der Waals surface area (Å²) in [5.74, 6) is 0. The van der Waals surface area contributed by atoms with Gasteiger partial charge in [0.2, 0.25) is 0 Å². The van der Waals surface area contributed by atoms with E-state index in [1.807, 2.05) is 39.1 Å². The van der Waals surface area contributed by atoms with E-state index in [4.69, 9.17) is 4.74 Å². The lowest BCUT2D eigenvalue weighted by atomic mass is 10.1. The molecule has 1 rings (SSSR count). The van der Waals surface area contributed by atoms with Crippen molar-refractivity contribution in [1.82, 2.24) is 15.6 Å². The Labute approximate surface area is 121 Å². The number of alkyl carbamates (subject to hydrolysis) is 1. The Bertz CT molecular complexity index is 382.